The largest absolute Gasteiger partial charge is 0.387 e. The van der Waals surface area contributed by atoms with Crippen LogP contribution < -0.4 is 5.73 Å². The number of aliphatic imine (C=N–C) groups is 1. The maximum absolute atomic E-state index is 12.4. The van der Waals surface area contributed by atoms with Crippen LogP contribution in [0.1, 0.15) is 20.8 Å². The lowest BCUT2D eigenvalue weighted by molar-refractivity contribution is -0.120. The molecule has 14 heavy (non-hydrogen) atoms. The Morgan fingerprint density at radius 3 is 2.00 bits per heavy atom. The highest BCUT2D eigenvalue weighted by molar-refractivity contribution is 5.85. The molecule has 84 valence electrons. The SMILES string of the molecule is CC(C)(C)C(N)=NCC(F)(F)C(F)F. The first-order valence-electron chi connectivity index (χ1n) is 4.04. The van der Waals surface area contributed by atoms with E-state index >= 15 is 0 Å². The molecular weight excluding hydrogens is 200 g/mol. The molecule has 0 aliphatic rings. The first-order valence-corrected chi connectivity index (χ1v) is 4.04. The average Bonchev–Trinajstić information content (AvgIpc) is 1.98. The lowest BCUT2D eigenvalue weighted by atomic mass is 9.95. The normalized spacial score (nSPS) is 15.0. The molecule has 2 N–H and O–H groups in total. The minimum Gasteiger partial charge on any atom is -0.387 e. The Kier molecular flexibility index (Phi) is 3.91. The Bertz CT molecular complexity index is 218. The van der Waals surface area contributed by atoms with Gasteiger partial charge in [0.05, 0.1) is 5.84 Å². The average molecular weight is 214 g/mol. The Hall–Kier alpha value is -0.810. The molecular formula is C8H14F4N2. The summed E-state index contributed by atoms with van der Waals surface area (Å²) in [5.41, 5.74) is 4.74. The molecule has 0 aliphatic carbocycles. The zero-order chi connectivity index (χ0) is 11.6. The zero-order valence-electron chi connectivity index (χ0n) is 8.32. The van der Waals surface area contributed by atoms with Gasteiger partial charge in [0.2, 0.25) is 0 Å². The number of halogens is 4. The van der Waals surface area contributed by atoms with E-state index in [1.807, 2.05) is 0 Å². The smallest absolute Gasteiger partial charge is 0.326 e. The highest BCUT2D eigenvalue weighted by Gasteiger charge is 2.40. The van der Waals surface area contributed by atoms with Crippen molar-refractivity contribution in [3.8, 4) is 0 Å². The number of amidine groups is 1. The van der Waals surface area contributed by atoms with Gasteiger partial charge >= 0.3 is 12.3 Å². The van der Waals surface area contributed by atoms with Crippen molar-refractivity contribution in [2.45, 2.75) is 33.1 Å². The van der Waals surface area contributed by atoms with Crippen LogP contribution in [0.5, 0.6) is 0 Å². The number of hydrogen-bond acceptors (Lipinski definition) is 1. The first-order chi connectivity index (χ1) is 6.07. The molecule has 0 saturated heterocycles. The molecule has 0 spiro atoms. The van der Waals surface area contributed by atoms with Gasteiger partial charge in [-0.25, -0.2) is 8.78 Å². The number of rotatable bonds is 3. The van der Waals surface area contributed by atoms with Gasteiger partial charge in [0.1, 0.15) is 6.54 Å². The predicted molar refractivity (Wildman–Crippen MR) is 46.9 cm³/mol. The van der Waals surface area contributed by atoms with E-state index < -0.39 is 24.3 Å². The van der Waals surface area contributed by atoms with Gasteiger partial charge in [-0.15, -0.1) is 0 Å². The van der Waals surface area contributed by atoms with Crippen molar-refractivity contribution in [1.82, 2.24) is 0 Å². The van der Waals surface area contributed by atoms with E-state index in [0.717, 1.165) is 0 Å². The Morgan fingerprint density at radius 1 is 1.29 bits per heavy atom. The number of hydrogen-bond donors (Lipinski definition) is 1. The molecule has 0 aromatic carbocycles. The molecule has 0 bridgehead atoms. The molecule has 0 amide bonds. The topological polar surface area (TPSA) is 38.4 Å². The van der Waals surface area contributed by atoms with Crippen LogP contribution in [0.4, 0.5) is 17.6 Å². The molecule has 0 atom stereocenters. The summed E-state index contributed by atoms with van der Waals surface area (Å²) in [7, 11) is 0. The second kappa shape index (κ2) is 4.14. The first kappa shape index (κ1) is 13.2. The van der Waals surface area contributed by atoms with Crippen LogP contribution in [-0.2, 0) is 0 Å². The summed E-state index contributed by atoms with van der Waals surface area (Å²) in [5.74, 6) is -4.16. The predicted octanol–water partition coefficient (Wildman–Crippen LogP) is 2.29. The second-order valence-corrected chi connectivity index (χ2v) is 4.01. The fourth-order valence-corrected chi connectivity index (χ4v) is 0.497. The third kappa shape index (κ3) is 3.93. The van der Waals surface area contributed by atoms with E-state index in [2.05, 4.69) is 4.99 Å². The molecule has 6 heteroatoms. The van der Waals surface area contributed by atoms with Gasteiger partial charge in [0.15, 0.2) is 0 Å². The van der Waals surface area contributed by atoms with Crippen LogP contribution in [0.25, 0.3) is 0 Å². The Morgan fingerprint density at radius 2 is 1.71 bits per heavy atom. The highest BCUT2D eigenvalue weighted by atomic mass is 19.3. The molecule has 0 rings (SSSR count). The molecule has 0 unspecified atom stereocenters. The summed E-state index contributed by atoms with van der Waals surface area (Å²) in [6, 6.07) is 0. The van der Waals surface area contributed by atoms with Crippen molar-refractivity contribution in [3.63, 3.8) is 0 Å². The van der Waals surface area contributed by atoms with Crippen molar-refractivity contribution in [2.24, 2.45) is 16.1 Å². The fraction of sp³-hybridized carbons (Fsp3) is 0.875. The standard InChI is InChI=1S/C8H14F4N2/c1-7(2,3)6(13)14-4-8(11,12)5(9)10/h5H,4H2,1-3H3,(H2,13,14). The monoisotopic (exact) mass is 214 g/mol. The molecule has 0 heterocycles. The summed E-state index contributed by atoms with van der Waals surface area (Å²) in [6.45, 7) is 3.71. The van der Waals surface area contributed by atoms with Gasteiger partial charge < -0.3 is 5.73 Å². The molecule has 0 aromatic heterocycles. The van der Waals surface area contributed by atoms with Gasteiger partial charge in [-0.2, -0.15) is 8.78 Å². The number of alkyl halides is 4. The minimum atomic E-state index is -4.10. The van der Waals surface area contributed by atoms with Crippen molar-refractivity contribution in [2.75, 3.05) is 6.54 Å². The molecule has 0 fully saturated rings. The molecule has 0 aliphatic heterocycles. The van der Waals surface area contributed by atoms with Gasteiger partial charge in [-0.1, -0.05) is 20.8 Å². The van der Waals surface area contributed by atoms with Crippen molar-refractivity contribution >= 4 is 5.84 Å². The molecule has 0 aromatic rings. The van der Waals surface area contributed by atoms with E-state index in [9.17, 15) is 17.6 Å². The van der Waals surface area contributed by atoms with Crippen LogP contribution in [0, 0.1) is 5.41 Å². The van der Waals surface area contributed by atoms with Crippen LogP contribution in [0.3, 0.4) is 0 Å². The molecule has 0 radical (unpaired) electrons. The maximum atomic E-state index is 12.4. The summed E-state index contributed by atoms with van der Waals surface area (Å²) in [6.07, 6.45) is -3.71. The Balaban J connectivity index is 4.44. The molecule has 0 saturated carbocycles. The van der Waals surface area contributed by atoms with E-state index in [1.165, 1.54) is 0 Å². The van der Waals surface area contributed by atoms with E-state index in [-0.39, 0.29) is 5.84 Å². The summed E-state index contributed by atoms with van der Waals surface area (Å²) in [4.78, 5) is 3.25. The van der Waals surface area contributed by atoms with E-state index in [0.29, 0.717) is 0 Å². The lowest BCUT2D eigenvalue weighted by Crippen LogP contribution is -2.34. The Labute approximate surface area is 80.2 Å². The summed E-state index contributed by atoms with van der Waals surface area (Å²) >= 11 is 0. The van der Waals surface area contributed by atoms with Crippen LogP contribution in [0.15, 0.2) is 4.99 Å². The highest BCUT2D eigenvalue weighted by Crippen LogP contribution is 2.23. The van der Waals surface area contributed by atoms with Crippen LogP contribution in [-0.4, -0.2) is 24.7 Å². The van der Waals surface area contributed by atoms with Crippen LogP contribution >= 0.6 is 0 Å². The lowest BCUT2D eigenvalue weighted by Gasteiger charge is -2.19. The van der Waals surface area contributed by atoms with Gasteiger partial charge in [-0.05, 0) is 0 Å². The van der Waals surface area contributed by atoms with Gasteiger partial charge in [0.25, 0.3) is 0 Å². The van der Waals surface area contributed by atoms with Crippen molar-refractivity contribution in [1.29, 1.82) is 0 Å². The maximum Gasteiger partial charge on any atom is 0.326 e. The number of nitrogens with zero attached hydrogens (tertiary/aromatic N) is 1. The van der Waals surface area contributed by atoms with Gasteiger partial charge in [-0.3, -0.25) is 4.99 Å². The van der Waals surface area contributed by atoms with Crippen molar-refractivity contribution in [3.05, 3.63) is 0 Å². The van der Waals surface area contributed by atoms with E-state index in [1.54, 1.807) is 20.8 Å². The van der Waals surface area contributed by atoms with Crippen molar-refractivity contribution < 1.29 is 17.6 Å². The quantitative estimate of drug-likeness (QED) is 0.437. The minimum absolute atomic E-state index is 0.0576. The third-order valence-electron chi connectivity index (χ3n) is 1.55. The fourth-order valence-electron chi connectivity index (χ4n) is 0.497. The summed E-state index contributed by atoms with van der Waals surface area (Å²) < 4.78 is 48.2. The second-order valence-electron chi connectivity index (χ2n) is 4.01. The molecule has 2 nitrogen and oxygen atoms in total. The summed E-state index contributed by atoms with van der Waals surface area (Å²) in [5, 5.41) is 0. The van der Waals surface area contributed by atoms with Crippen LogP contribution in [0.2, 0.25) is 0 Å². The van der Waals surface area contributed by atoms with Gasteiger partial charge in [0, 0.05) is 5.41 Å². The number of nitrogens with two attached hydrogens (primary N) is 1. The third-order valence-corrected chi connectivity index (χ3v) is 1.55. The zero-order valence-corrected chi connectivity index (χ0v) is 8.32. The van der Waals surface area contributed by atoms with E-state index in [4.69, 9.17) is 5.73 Å².